The average molecular weight is 299 g/mol. The molecule has 2 nitrogen and oxygen atoms in total. The van der Waals surface area contributed by atoms with Gasteiger partial charge in [-0.25, -0.2) is 4.39 Å². The van der Waals surface area contributed by atoms with Crippen molar-refractivity contribution in [3.63, 3.8) is 0 Å². The summed E-state index contributed by atoms with van der Waals surface area (Å²) in [6, 6.07) is 7.96. The lowest BCUT2D eigenvalue weighted by molar-refractivity contribution is -0.137. The van der Waals surface area contributed by atoms with Crippen LogP contribution in [0.4, 0.5) is 23.2 Å². The molecule has 0 heterocycles. The van der Waals surface area contributed by atoms with Crippen molar-refractivity contribution in [3.8, 4) is 5.75 Å². The molecular weight excluding hydrogens is 286 g/mol. The highest BCUT2D eigenvalue weighted by molar-refractivity contribution is 5.50. The van der Waals surface area contributed by atoms with E-state index in [1.165, 1.54) is 12.1 Å². The smallest absolute Gasteiger partial charge is 0.416 e. The van der Waals surface area contributed by atoms with Crippen molar-refractivity contribution in [2.75, 3.05) is 5.32 Å². The second-order valence-corrected chi connectivity index (χ2v) is 4.65. The molecule has 112 valence electrons. The summed E-state index contributed by atoms with van der Waals surface area (Å²) in [5.74, 6) is -0.735. The fourth-order valence-corrected chi connectivity index (χ4v) is 1.92. The Balaban J connectivity index is 2.26. The van der Waals surface area contributed by atoms with Crippen LogP contribution in [0.15, 0.2) is 42.5 Å². The summed E-state index contributed by atoms with van der Waals surface area (Å²) in [6.45, 7) is 1.66. The van der Waals surface area contributed by atoms with Gasteiger partial charge in [-0.05, 0) is 42.8 Å². The van der Waals surface area contributed by atoms with Gasteiger partial charge >= 0.3 is 6.18 Å². The maximum atomic E-state index is 13.6. The number of phenols is 1. The van der Waals surface area contributed by atoms with Gasteiger partial charge in [-0.1, -0.05) is 12.1 Å². The molecule has 0 saturated carbocycles. The molecule has 0 spiro atoms. The number of benzene rings is 2. The second kappa shape index (κ2) is 5.63. The van der Waals surface area contributed by atoms with Crippen LogP contribution in [0.5, 0.6) is 5.75 Å². The average Bonchev–Trinajstić information content (AvgIpc) is 2.40. The lowest BCUT2D eigenvalue weighted by Gasteiger charge is -2.18. The first-order valence-electron chi connectivity index (χ1n) is 6.19. The quantitative estimate of drug-likeness (QED) is 0.803. The Kier molecular flexibility index (Phi) is 4.06. The van der Waals surface area contributed by atoms with Crippen LogP contribution in [-0.4, -0.2) is 5.11 Å². The fourth-order valence-electron chi connectivity index (χ4n) is 1.92. The van der Waals surface area contributed by atoms with E-state index >= 15 is 0 Å². The largest absolute Gasteiger partial charge is 0.508 e. The van der Waals surface area contributed by atoms with Gasteiger partial charge in [-0.15, -0.1) is 0 Å². The zero-order chi connectivity index (χ0) is 15.6. The summed E-state index contributed by atoms with van der Waals surface area (Å²) in [5.41, 5.74) is -0.526. The number of hydrogen-bond donors (Lipinski definition) is 2. The van der Waals surface area contributed by atoms with Crippen LogP contribution in [0, 0.1) is 5.82 Å². The van der Waals surface area contributed by atoms with E-state index in [1.807, 2.05) is 0 Å². The molecule has 2 aromatic rings. The molecule has 6 heteroatoms. The first kappa shape index (κ1) is 15.2. The predicted molar refractivity (Wildman–Crippen MR) is 71.5 cm³/mol. The van der Waals surface area contributed by atoms with E-state index in [9.17, 15) is 22.7 Å². The maximum Gasteiger partial charge on any atom is 0.416 e. The predicted octanol–water partition coefficient (Wildman–Crippen LogP) is 4.72. The molecule has 0 aromatic heterocycles. The monoisotopic (exact) mass is 299 g/mol. The van der Waals surface area contributed by atoms with E-state index in [-0.39, 0.29) is 11.4 Å². The summed E-state index contributed by atoms with van der Waals surface area (Å²) < 4.78 is 51.5. The van der Waals surface area contributed by atoms with Crippen LogP contribution in [-0.2, 0) is 6.18 Å². The first-order chi connectivity index (χ1) is 9.77. The van der Waals surface area contributed by atoms with Crippen LogP contribution in [0.1, 0.15) is 24.1 Å². The Morgan fingerprint density at radius 3 is 2.43 bits per heavy atom. The zero-order valence-corrected chi connectivity index (χ0v) is 11.1. The molecule has 0 fully saturated rings. The van der Waals surface area contributed by atoms with Crippen molar-refractivity contribution in [1.82, 2.24) is 0 Å². The van der Waals surface area contributed by atoms with Crippen molar-refractivity contribution in [3.05, 3.63) is 59.4 Å². The summed E-state index contributed by atoms with van der Waals surface area (Å²) in [4.78, 5) is 0. The lowest BCUT2D eigenvalue weighted by atomic mass is 10.1. The van der Waals surface area contributed by atoms with Gasteiger partial charge in [0.15, 0.2) is 0 Å². The summed E-state index contributed by atoms with van der Waals surface area (Å²) in [6.07, 6.45) is -4.53. The molecule has 1 atom stereocenters. The van der Waals surface area contributed by atoms with Gasteiger partial charge in [0.2, 0.25) is 0 Å². The van der Waals surface area contributed by atoms with Gasteiger partial charge < -0.3 is 10.4 Å². The number of phenolic OH excluding ortho intramolecular Hbond substituents is 1. The number of anilines is 1. The second-order valence-electron chi connectivity index (χ2n) is 4.65. The fraction of sp³-hybridized carbons (Fsp3) is 0.200. The molecule has 0 saturated heterocycles. The standard InChI is InChI=1S/C15H13F4NO/c1-9(10-3-2-4-12(21)7-10)20-14-8-11(15(17,18)19)5-6-13(14)16/h2-9,20-21H,1H3. The minimum atomic E-state index is -4.53. The van der Waals surface area contributed by atoms with Crippen molar-refractivity contribution in [1.29, 1.82) is 0 Å². The van der Waals surface area contributed by atoms with Gasteiger partial charge in [-0.2, -0.15) is 13.2 Å². The third kappa shape index (κ3) is 3.65. The van der Waals surface area contributed by atoms with E-state index in [2.05, 4.69) is 5.32 Å². The van der Waals surface area contributed by atoms with Gasteiger partial charge in [0.05, 0.1) is 11.3 Å². The van der Waals surface area contributed by atoms with Crippen molar-refractivity contribution in [2.45, 2.75) is 19.1 Å². The Bertz CT molecular complexity index is 640. The van der Waals surface area contributed by atoms with Crippen LogP contribution < -0.4 is 5.32 Å². The SMILES string of the molecule is CC(Nc1cc(C(F)(F)F)ccc1F)c1cccc(O)c1. The Hall–Kier alpha value is -2.24. The minimum absolute atomic E-state index is 0.0330. The molecule has 0 bridgehead atoms. The Labute approximate surface area is 119 Å². The van der Waals surface area contributed by atoms with Crippen LogP contribution in [0.25, 0.3) is 0 Å². The highest BCUT2D eigenvalue weighted by Gasteiger charge is 2.31. The minimum Gasteiger partial charge on any atom is -0.508 e. The molecular formula is C15H13F4NO. The Morgan fingerprint density at radius 2 is 1.81 bits per heavy atom. The highest BCUT2D eigenvalue weighted by atomic mass is 19.4. The molecule has 0 amide bonds. The Morgan fingerprint density at radius 1 is 1.10 bits per heavy atom. The normalized spacial score (nSPS) is 13.0. The number of halogens is 4. The molecule has 2 aromatic carbocycles. The zero-order valence-electron chi connectivity index (χ0n) is 11.1. The molecule has 1 unspecified atom stereocenters. The van der Waals surface area contributed by atoms with Crippen LogP contribution in [0.3, 0.4) is 0 Å². The number of aromatic hydroxyl groups is 1. The van der Waals surface area contributed by atoms with Crippen LogP contribution in [0.2, 0.25) is 0 Å². The van der Waals surface area contributed by atoms with E-state index in [1.54, 1.807) is 19.1 Å². The van der Waals surface area contributed by atoms with E-state index in [4.69, 9.17) is 0 Å². The lowest BCUT2D eigenvalue weighted by Crippen LogP contribution is -2.10. The summed E-state index contributed by atoms with van der Waals surface area (Å²) in [5, 5.41) is 12.1. The van der Waals surface area contributed by atoms with E-state index < -0.39 is 23.6 Å². The molecule has 0 aliphatic heterocycles. The molecule has 2 N–H and O–H groups in total. The van der Waals surface area contributed by atoms with Gasteiger partial charge in [0.25, 0.3) is 0 Å². The number of nitrogens with one attached hydrogen (secondary N) is 1. The topological polar surface area (TPSA) is 32.3 Å². The maximum absolute atomic E-state index is 13.6. The molecule has 0 aliphatic rings. The van der Waals surface area contributed by atoms with Gasteiger partial charge in [0, 0.05) is 6.04 Å². The van der Waals surface area contributed by atoms with Gasteiger partial charge in [0.1, 0.15) is 11.6 Å². The van der Waals surface area contributed by atoms with Crippen molar-refractivity contribution >= 4 is 5.69 Å². The summed E-state index contributed by atoms with van der Waals surface area (Å²) in [7, 11) is 0. The molecule has 0 radical (unpaired) electrons. The van der Waals surface area contributed by atoms with Gasteiger partial charge in [-0.3, -0.25) is 0 Å². The first-order valence-corrected chi connectivity index (χ1v) is 6.19. The summed E-state index contributed by atoms with van der Waals surface area (Å²) >= 11 is 0. The third-order valence-corrected chi connectivity index (χ3v) is 3.04. The number of alkyl halides is 3. The number of rotatable bonds is 3. The van der Waals surface area contributed by atoms with Crippen molar-refractivity contribution in [2.24, 2.45) is 0 Å². The molecule has 21 heavy (non-hydrogen) atoms. The highest BCUT2D eigenvalue weighted by Crippen LogP contribution is 2.33. The number of hydrogen-bond acceptors (Lipinski definition) is 2. The third-order valence-electron chi connectivity index (χ3n) is 3.04. The van der Waals surface area contributed by atoms with Crippen LogP contribution >= 0.6 is 0 Å². The van der Waals surface area contributed by atoms with E-state index in [0.29, 0.717) is 11.6 Å². The van der Waals surface area contributed by atoms with E-state index in [0.717, 1.165) is 12.1 Å². The molecule has 2 rings (SSSR count). The van der Waals surface area contributed by atoms with Crippen molar-refractivity contribution < 1.29 is 22.7 Å². The molecule has 0 aliphatic carbocycles.